The number of benzene rings is 2. The Hall–Kier alpha value is -2.73. The molecular formula is C21H21FN4O. The van der Waals surface area contributed by atoms with E-state index in [0.717, 1.165) is 66.4 Å². The van der Waals surface area contributed by atoms with Crippen LogP contribution in [0.3, 0.4) is 0 Å². The average molecular weight is 364 g/mol. The summed E-state index contributed by atoms with van der Waals surface area (Å²) in [5, 5.41) is 0. The Morgan fingerprint density at radius 3 is 2.26 bits per heavy atom. The molecule has 0 atom stereocenters. The van der Waals surface area contributed by atoms with E-state index >= 15 is 0 Å². The largest absolute Gasteiger partial charge is 0.378 e. The number of hydrogen-bond acceptors (Lipinski definition) is 5. The zero-order chi connectivity index (χ0) is 18.2. The van der Waals surface area contributed by atoms with Crippen LogP contribution in [0.5, 0.6) is 0 Å². The highest BCUT2D eigenvalue weighted by molar-refractivity contribution is 5.81. The maximum atomic E-state index is 13.5. The molecule has 2 aliphatic heterocycles. The molecule has 3 heterocycles. The first-order valence-electron chi connectivity index (χ1n) is 9.40. The molecule has 0 bridgehead atoms. The number of morpholine rings is 1. The fourth-order valence-corrected chi connectivity index (χ4v) is 3.88. The number of anilines is 2. The molecule has 0 aliphatic carbocycles. The van der Waals surface area contributed by atoms with Gasteiger partial charge in [-0.25, -0.2) is 14.4 Å². The molecule has 0 amide bonds. The molecule has 5 nitrogen and oxygen atoms in total. The first kappa shape index (κ1) is 16.4. The molecule has 1 saturated heterocycles. The van der Waals surface area contributed by atoms with Gasteiger partial charge in [0.25, 0.3) is 0 Å². The fraction of sp³-hybridized carbons (Fsp3) is 0.333. The van der Waals surface area contributed by atoms with E-state index in [4.69, 9.17) is 14.7 Å². The third-order valence-electron chi connectivity index (χ3n) is 5.33. The third kappa shape index (κ3) is 3.10. The third-order valence-corrected chi connectivity index (χ3v) is 5.33. The Kier molecular flexibility index (Phi) is 4.13. The Labute approximate surface area is 157 Å². The van der Waals surface area contributed by atoms with Gasteiger partial charge in [0.15, 0.2) is 11.6 Å². The van der Waals surface area contributed by atoms with Crippen molar-refractivity contribution in [3.8, 4) is 0 Å². The van der Waals surface area contributed by atoms with E-state index in [-0.39, 0.29) is 5.82 Å². The van der Waals surface area contributed by atoms with Gasteiger partial charge in [-0.3, -0.25) is 0 Å². The lowest BCUT2D eigenvalue weighted by atomic mass is 9.99. The van der Waals surface area contributed by atoms with Gasteiger partial charge in [0, 0.05) is 26.2 Å². The Morgan fingerprint density at radius 2 is 1.52 bits per heavy atom. The van der Waals surface area contributed by atoms with E-state index in [2.05, 4.69) is 9.80 Å². The first-order chi connectivity index (χ1) is 13.3. The van der Waals surface area contributed by atoms with Crippen LogP contribution in [0.15, 0.2) is 42.5 Å². The molecule has 6 heteroatoms. The smallest absolute Gasteiger partial charge is 0.172 e. The summed E-state index contributed by atoms with van der Waals surface area (Å²) < 4.78 is 19.1. The van der Waals surface area contributed by atoms with Crippen LogP contribution < -0.4 is 9.80 Å². The average Bonchev–Trinajstić information content (AvgIpc) is 2.73. The number of hydrogen-bond donors (Lipinski definition) is 0. The van der Waals surface area contributed by atoms with E-state index in [1.54, 1.807) is 6.07 Å². The van der Waals surface area contributed by atoms with Crippen molar-refractivity contribution in [2.75, 3.05) is 42.6 Å². The maximum Gasteiger partial charge on any atom is 0.172 e. The number of halogens is 1. The standard InChI is InChI=1S/C21H21FN4O/c22-17-6-5-16-14-26(8-7-15(16)13-17)21-20(25-9-11-27-12-10-25)23-18-3-1-2-4-19(18)24-21/h1-6,13H,7-12,14H2. The summed E-state index contributed by atoms with van der Waals surface area (Å²) in [4.78, 5) is 14.5. The van der Waals surface area contributed by atoms with Gasteiger partial charge >= 0.3 is 0 Å². The van der Waals surface area contributed by atoms with Crippen LogP contribution in [-0.2, 0) is 17.7 Å². The summed E-state index contributed by atoms with van der Waals surface area (Å²) in [5.74, 6) is 1.66. The number of para-hydroxylation sites is 2. The van der Waals surface area contributed by atoms with Crippen LogP contribution >= 0.6 is 0 Å². The van der Waals surface area contributed by atoms with Gasteiger partial charge in [0.1, 0.15) is 5.82 Å². The molecular weight excluding hydrogens is 343 g/mol. The lowest BCUT2D eigenvalue weighted by Gasteiger charge is -2.35. The van der Waals surface area contributed by atoms with Gasteiger partial charge in [-0.05, 0) is 41.8 Å². The van der Waals surface area contributed by atoms with Gasteiger partial charge < -0.3 is 14.5 Å². The summed E-state index contributed by atoms with van der Waals surface area (Å²) in [7, 11) is 0. The van der Waals surface area contributed by atoms with Gasteiger partial charge in [-0.1, -0.05) is 18.2 Å². The van der Waals surface area contributed by atoms with Crippen molar-refractivity contribution >= 4 is 22.7 Å². The van der Waals surface area contributed by atoms with Crippen molar-refractivity contribution in [1.29, 1.82) is 0 Å². The summed E-state index contributed by atoms with van der Waals surface area (Å²) in [6, 6.07) is 13.1. The molecule has 0 radical (unpaired) electrons. The van der Waals surface area contributed by atoms with Gasteiger partial charge in [0.2, 0.25) is 0 Å². The molecule has 3 aromatic rings. The van der Waals surface area contributed by atoms with Crippen molar-refractivity contribution in [3.63, 3.8) is 0 Å². The molecule has 0 spiro atoms. The molecule has 138 valence electrons. The molecule has 0 unspecified atom stereocenters. The summed E-state index contributed by atoms with van der Waals surface area (Å²) in [6.07, 6.45) is 0.810. The fourth-order valence-electron chi connectivity index (χ4n) is 3.88. The van der Waals surface area contributed by atoms with Crippen molar-refractivity contribution < 1.29 is 9.13 Å². The minimum absolute atomic E-state index is 0.165. The predicted octanol–water partition coefficient (Wildman–Crippen LogP) is 3.17. The minimum Gasteiger partial charge on any atom is -0.378 e. The molecule has 5 rings (SSSR count). The number of aromatic nitrogens is 2. The molecule has 1 aromatic heterocycles. The van der Waals surface area contributed by atoms with Crippen molar-refractivity contribution in [3.05, 3.63) is 59.4 Å². The van der Waals surface area contributed by atoms with Crippen LogP contribution in [0.25, 0.3) is 11.0 Å². The van der Waals surface area contributed by atoms with Gasteiger partial charge in [0.05, 0.1) is 24.2 Å². The topological polar surface area (TPSA) is 41.5 Å². The first-order valence-corrected chi connectivity index (χ1v) is 9.40. The molecule has 2 aromatic carbocycles. The number of rotatable bonds is 2. The summed E-state index contributed by atoms with van der Waals surface area (Å²) >= 11 is 0. The van der Waals surface area contributed by atoms with Crippen molar-refractivity contribution in [1.82, 2.24) is 9.97 Å². The minimum atomic E-state index is -0.165. The number of fused-ring (bicyclic) bond motifs is 2. The Bertz CT molecular complexity index is 987. The van der Waals surface area contributed by atoms with E-state index in [1.165, 1.54) is 6.07 Å². The van der Waals surface area contributed by atoms with E-state index in [1.807, 2.05) is 30.3 Å². The monoisotopic (exact) mass is 364 g/mol. The van der Waals surface area contributed by atoms with Gasteiger partial charge in [-0.2, -0.15) is 0 Å². The Morgan fingerprint density at radius 1 is 0.815 bits per heavy atom. The van der Waals surface area contributed by atoms with E-state index in [0.29, 0.717) is 13.2 Å². The van der Waals surface area contributed by atoms with Crippen LogP contribution in [-0.4, -0.2) is 42.8 Å². The number of nitrogens with zero attached hydrogens (tertiary/aromatic N) is 4. The van der Waals surface area contributed by atoms with Crippen molar-refractivity contribution in [2.24, 2.45) is 0 Å². The SMILES string of the molecule is Fc1ccc2c(c1)CCN(c1nc3ccccc3nc1N1CCOCC1)C2. The van der Waals surface area contributed by atoms with Crippen LogP contribution in [0.4, 0.5) is 16.0 Å². The highest BCUT2D eigenvalue weighted by atomic mass is 19.1. The predicted molar refractivity (Wildman–Crippen MR) is 104 cm³/mol. The van der Waals surface area contributed by atoms with Crippen LogP contribution in [0.2, 0.25) is 0 Å². The maximum absolute atomic E-state index is 13.5. The van der Waals surface area contributed by atoms with Crippen LogP contribution in [0.1, 0.15) is 11.1 Å². The summed E-state index contributed by atoms with van der Waals surface area (Å²) in [5.41, 5.74) is 4.05. The zero-order valence-corrected chi connectivity index (χ0v) is 15.1. The molecule has 27 heavy (non-hydrogen) atoms. The van der Waals surface area contributed by atoms with E-state index < -0.39 is 0 Å². The quantitative estimate of drug-likeness (QED) is 0.699. The Balaban J connectivity index is 1.57. The molecule has 0 N–H and O–H groups in total. The van der Waals surface area contributed by atoms with Crippen molar-refractivity contribution in [2.45, 2.75) is 13.0 Å². The lowest BCUT2D eigenvalue weighted by molar-refractivity contribution is 0.122. The second-order valence-electron chi connectivity index (χ2n) is 7.04. The second-order valence-corrected chi connectivity index (χ2v) is 7.04. The zero-order valence-electron chi connectivity index (χ0n) is 15.1. The second kappa shape index (κ2) is 6.78. The van der Waals surface area contributed by atoms with Crippen LogP contribution in [0, 0.1) is 5.82 Å². The lowest BCUT2D eigenvalue weighted by Crippen LogP contribution is -2.39. The summed E-state index contributed by atoms with van der Waals surface area (Å²) in [6.45, 7) is 4.57. The highest BCUT2D eigenvalue weighted by Gasteiger charge is 2.25. The highest BCUT2D eigenvalue weighted by Crippen LogP contribution is 2.32. The normalized spacial score (nSPS) is 17.2. The van der Waals surface area contributed by atoms with Gasteiger partial charge in [-0.15, -0.1) is 0 Å². The molecule has 1 fully saturated rings. The molecule has 2 aliphatic rings. The molecule has 0 saturated carbocycles. The number of ether oxygens (including phenoxy) is 1. The van der Waals surface area contributed by atoms with E-state index in [9.17, 15) is 4.39 Å².